The number of amides is 7. The van der Waals surface area contributed by atoms with Gasteiger partial charge in [-0.15, -0.1) is 0 Å². The van der Waals surface area contributed by atoms with E-state index in [0.717, 1.165) is 24.0 Å². The van der Waals surface area contributed by atoms with E-state index in [4.69, 9.17) is 5.73 Å². The predicted molar refractivity (Wildman–Crippen MR) is 194 cm³/mol. The molecule has 7 rings (SSSR count). The van der Waals surface area contributed by atoms with Gasteiger partial charge in [-0.25, -0.2) is 23.2 Å². The highest BCUT2D eigenvalue weighted by Gasteiger charge is 2.45. The van der Waals surface area contributed by atoms with Gasteiger partial charge in [-0.05, 0) is 61.7 Å². The Balaban J connectivity index is 0.953. The van der Waals surface area contributed by atoms with Crippen LogP contribution in [0.1, 0.15) is 56.9 Å². The van der Waals surface area contributed by atoms with E-state index < -0.39 is 45.4 Å². The maximum atomic E-state index is 13.4. The van der Waals surface area contributed by atoms with E-state index >= 15 is 0 Å². The number of carbonyl (C=O) groups excluding carboxylic acids is 6. The largest absolute Gasteiger partial charge is 0.368 e. The molecule has 3 saturated heterocycles. The summed E-state index contributed by atoms with van der Waals surface area (Å²) in [5.74, 6) is -2.44. The van der Waals surface area contributed by atoms with Crippen molar-refractivity contribution in [3.8, 4) is 0 Å². The lowest BCUT2D eigenvalue weighted by atomic mass is 10.0. The molecule has 7 amide bonds. The molecular formula is C35H38N10O8S. The molecule has 3 aromatic rings. The Labute approximate surface area is 310 Å². The number of urea groups is 1. The number of primary amides is 1. The number of aromatic nitrogens is 2. The standard InChI is InChI=1S/C35H38N10O8S/c1-54(52,53)23-7-4-20(5-8-23)38-31-29(30(36)47)37-18-27(40-31)44-12-2-3-21(19-44)39-35(51)43-15-13-42(14-16-43)22-6-9-24-25(17-22)34(50)45(33(24)49)26-10-11-28(46)41-32(26)48/h4-9,17-18,21,26H,2-3,10-16,19H2,1H3,(H2,36,47)(H,38,40)(H,39,51)(H,41,46,48)/t21-,26?/m1/s1. The summed E-state index contributed by atoms with van der Waals surface area (Å²) in [7, 11) is -3.39. The van der Waals surface area contributed by atoms with Crippen LogP contribution in [0.4, 0.5) is 27.8 Å². The smallest absolute Gasteiger partial charge is 0.317 e. The summed E-state index contributed by atoms with van der Waals surface area (Å²) >= 11 is 0. The molecule has 0 bridgehead atoms. The van der Waals surface area contributed by atoms with Crippen LogP contribution in [0.15, 0.2) is 53.6 Å². The second-order valence-corrected chi connectivity index (χ2v) is 15.6. The summed E-state index contributed by atoms with van der Waals surface area (Å²) in [6.45, 7) is 2.87. The highest BCUT2D eigenvalue weighted by Crippen LogP contribution is 2.31. The molecule has 18 nitrogen and oxygen atoms in total. The Hall–Kier alpha value is -6.11. The highest BCUT2D eigenvalue weighted by atomic mass is 32.2. The summed E-state index contributed by atoms with van der Waals surface area (Å²) in [6, 6.07) is 9.49. The average molecular weight is 759 g/mol. The maximum Gasteiger partial charge on any atom is 0.317 e. The summed E-state index contributed by atoms with van der Waals surface area (Å²) in [5, 5.41) is 8.34. The van der Waals surface area contributed by atoms with Gasteiger partial charge in [-0.3, -0.25) is 34.2 Å². The Morgan fingerprint density at radius 3 is 2.31 bits per heavy atom. The molecule has 2 atom stereocenters. The Morgan fingerprint density at radius 2 is 1.63 bits per heavy atom. The van der Waals surface area contributed by atoms with Gasteiger partial charge in [0.2, 0.25) is 11.8 Å². The number of carbonyl (C=O) groups is 6. The minimum Gasteiger partial charge on any atom is -0.368 e. The number of anilines is 4. The number of piperidine rings is 2. The van der Waals surface area contributed by atoms with Crippen LogP contribution in [0.2, 0.25) is 0 Å². The summed E-state index contributed by atoms with van der Waals surface area (Å²) < 4.78 is 23.7. The van der Waals surface area contributed by atoms with Crippen LogP contribution in [0.25, 0.3) is 0 Å². The van der Waals surface area contributed by atoms with Crippen molar-refractivity contribution in [2.45, 2.75) is 42.7 Å². The first-order chi connectivity index (χ1) is 25.8. The lowest BCUT2D eigenvalue weighted by molar-refractivity contribution is -0.136. The van der Waals surface area contributed by atoms with Crippen molar-refractivity contribution in [3.63, 3.8) is 0 Å². The normalized spacial score (nSPS) is 20.5. The third kappa shape index (κ3) is 7.26. The van der Waals surface area contributed by atoms with E-state index in [1.165, 1.54) is 18.3 Å². The minimum absolute atomic E-state index is 0.0417. The minimum atomic E-state index is -3.39. The Kier molecular flexibility index (Phi) is 9.65. The highest BCUT2D eigenvalue weighted by molar-refractivity contribution is 7.90. The van der Waals surface area contributed by atoms with Gasteiger partial charge in [0, 0.05) is 69.4 Å². The summed E-state index contributed by atoms with van der Waals surface area (Å²) in [5.41, 5.74) is 7.08. The second-order valence-electron chi connectivity index (χ2n) is 13.6. The lowest BCUT2D eigenvalue weighted by Crippen LogP contribution is -2.56. The number of hydrogen-bond donors (Lipinski definition) is 4. The fourth-order valence-electron chi connectivity index (χ4n) is 7.11. The number of piperazine rings is 1. The van der Waals surface area contributed by atoms with Gasteiger partial charge in [-0.1, -0.05) is 0 Å². The molecule has 5 heterocycles. The molecule has 19 heteroatoms. The number of nitrogens with one attached hydrogen (secondary N) is 3. The van der Waals surface area contributed by atoms with Gasteiger partial charge in [0.25, 0.3) is 17.7 Å². The molecule has 5 N–H and O–H groups in total. The zero-order valence-electron chi connectivity index (χ0n) is 29.3. The quantitative estimate of drug-likeness (QED) is 0.231. The van der Waals surface area contributed by atoms with Gasteiger partial charge in [-0.2, -0.15) is 0 Å². The first kappa shape index (κ1) is 36.3. The third-order valence-corrected chi connectivity index (χ3v) is 11.1. The zero-order chi connectivity index (χ0) is 38.3. The fraction of sp³-hybridized carbons (Fsp3) is 0.371. The van der Waals surface area contributed by atoms with Gasteiger partial charge < -0.3 is 31.1 Å². The van der Waals surface area contributed by atoms with Crippen LogP contribution in [-0.4, -0.2) is 121 Å². The van der Waals surface area contributed by atoms with Crippen LogP contribution in [0, 0.1) is 0 Å². The number of hydrogen-bond acceptors (Lipinski definition) is 13. The maximum absolute atomic E-state index is 13.4. The first-order valence-corrected chi connectivity index (χ1v) is 19.3. The number of benzene rings is 2. The van der Waals surface area contributed by atoms with Gasteiger partial charge in [0.15, 0.2) is 21.3 Å². The molecule has 1 aromatic heterocycles. The SMILES string of the molecule is CS(=O)(=O)c1ccc(Nc2nc(N3CCC[C@@H](NC(=O)N4CCN(c5ccc6c(c5)C(=O)N(C5CCC(=O)NC5=O)C6=O)CC4)C3)cnc2C(N)=O)cc1. The van der Waals surface area contributed by atoms with Gasteiger partial charge in [0.1, 0.15) is 11.9 Å². The predicted octanol–water partition coefficient (Wildman–Crippen LogP) is 0.624. The van der Waals surface area contributed by atoms with Crippen molar-refractivity contribution in [1.82, 2.24) is 30.4 Å². The van der Waals surface area contributed by atoms with Crippen LogP contribution < -0.4 is 31.5 Å². The van der Waals surface area contributed by atoms with Crippen molar-refractivity contribution in [2.75, 3.05) is 60.6 Å². The Bertz CT molecular complexity index is 2170. The molecule has 3 fully saturated rings. The molecule has 2 aromatic carbocycles. The first-order valence-electron chi connectivity index (χ1n) is 17.4. The van der Waals surface area contributed by atoms with E-state index in [1.807, 2.05) is 9.80 Å². The van der Waals surface area contributed by atoms with Crippen LogP contribution >= 0.6 is 0 Å². The number of sulfone groups is 1. The van der Waals surface area contributed by atoms with Gasteiger partial charge >= 0.3 is 6.03 Å². The zero-order valence-corrected chi connectivity index (χ0v) is 30.1. The molecule has 0 aliphatic carbocycles. The number of nitrogens with zero attached hydrogens (tertiary/aromatic N) is 6. The number of rotatable bonds is 8. The van der Waals surface area contributed by atoms with E-state index in [2.05, 4.69) is 25.9 Å². The van der Waals surface area contributed by atoms with E-state index in [9.17, 15) is 37.2 Å². The molecule has 282 valence electrons. The fourth-order valence-corrected chi connectivity index (χ4v) is 7.74. The molecule has 4 aliphatic heterocycles. The van der Waals surface area contributed by atoms with Gasteiger partial charge in [0.05, 0.1) is 22.2 Å². The van der Waals surface area contributed by atoms with Crippen LogP contribution in [-0.2, 0) is 19.4 Å². The van der Waals surface area contributed by atoms with E-state index in [0.29, 0.717) is 56.5 Å². The van der Waals surface area contributed by atoms with Crippen LogP contribution in [0.5, 0.6) is 0 Å². The average Bonchev–Trinajstić information content (AvgIpc) is 3.39. The van der Waals surface area contributed by atoms with Crippen molar-refractivity contribution in [2.24, 2.45) is 5.73 Å². The van der Waals surface area contributed by atoms with Crippen LogP contribution in [0.3, 0.4) is 0 Å². The molecular weight excluding hydrogens is 721 g/mol. The van der Waals surface area contributed by atoms with Crippen molar-refractivity contribution >= 4 is 68.4 Å². The molecule has 4 aliphatic rings. The molecule has 0 radical (unpaired) electrons. The molecule has 0 spiro atoms. The summed E-state index contributed by atoms with van der Waals surface area (Å²) in [4.78, 5) is 91.6. The monoisotopic (exact) mass is 758 g/mol. The second kappa shape index (κ2) is 14.4. The number of nitrogens with two attached hydrogens (primary N) is 1. The van der Waals surface area contributed by atoms with Crippen molar-refractivity contribution < 1.29 is 37.2 Å². The molecule has 1 unspecified atom stereocenters. The van der Waals surface area contributed by atoms with Crippen molar-refractivity contribution in [1.29, 1.82) is 0 Å². The Morgan fingerprint density at radius 1 is 0.907 bits per heavy atom. The third-order valence-electron chi connectivity index (χ3n) is 9.97. The molecule has 0 saturated carbocycles. The number of fused-ring (bicyclic) bond motifs is 1. The van der Waals surface area contributed by atoms with E-state index in [1.54, 1.807) is 35.2 Å². The topological polar surface area (TPSA) is 237 Å². The number of imide groups is 2. The summed E-state index contributed by atoms with van der Waals surface area (Å²) in [6.07, 6.45) is 4.18. The lowest BCUT2D eigenvalue weighted by Gasteiger charge is -2.38. The van der Waals surface area contributed by atoms with Crippen molar-refractivity contribution in [3.05, 3.63) is 65.5 Å². The van der Waals surface area contributed by atoms with E-state index in [-0.39, 0.29) is 52.4 Å². The molecule has 54 heavy (non-hydrogen) atoms.